The van der Waals surface area contributed by atoms with E-state index in [2.05, 4.69) is 0 Å². The highest BCUT2D eigenvalue weighted by atomic mass is 35.5. The van der Waals surface area contributed by atoms with Gasteiger partial charge in [0.2, 0.25) is 3.67 Å². The van der Waals surface area contributed by atoms with E-state index >= 15 is 0 Å². The molecule has 0 spiro atoms. The molecule has 1 rings (SSSR count). The van der Waals surface area contributed by atoms with Gasteiger partial charge in [-0.1, -0.05) is 41.4 Å². The van der Waals surface area contributed by atoms with Crippen LogP contribution in [0.5, 0.6) is 0 Å². The van der Waals surface area contributed by atoms with Gasteiger partial charge in [-0.3, -0.25) is 0 Å². The van der Waals surface area contributed by atoms with Crippen LogP contribution in [0.25, 0.3) is 0 Å². The van der Waals surface area contributed by atoms with E-state index in [0.29, 0.717) is 0 Å². The van der Waals surface area contributed by atoms with Crippen molar-refractivity contribution in [1.29, 1.82) is 0 Å². The lowest BCUT2D eigenvalue weighted by Gasteiger charge is -2.24. The molecule has 90 valence electrons. The maximum atomic E-state index is 13.3. The van der Waals surface area contributed by atoms with Crippen LogP contribution in [0.2, 0.25) is 0 Å². The Balaban J connectivity index is 3.23. The molecule has 3 nitrogen and oxygen atoms in total. The van der Waals surface area contributed by atoms with Crippen molar-refractivity contribution in [3.63, 3.8) is 0 Å². The molecule has 1 aromatic rings. The maximum Gasteiger partial charge on any atom is 0.247 e. The van der Waals surface area contributed by atoms with Crippen molar-refractivity contribution in [2.24, 2.45) is 0 Å². The van der Waals surface area contributed by atoms with E-state index in [1.165, 1.54) is 18.2 Å². The highest BCUT2D eigenvalue weighted by Crippen LogP contribution is 2.40. The number of sulfone groups is 1. The number of alkyl halides is 2. The monoisotopic (exact) mass is 286 g/mol. The lowest BCUT2D eigenvalue weighted by atomic mass is 10.1. The van der Waals surface area contributed by atoms with Crippen molar-refractivity contribution in [2.45, 2.75) is 9.77 Å². The molecule has 0 saturated carbocycles. The number of hydrogen-bond donors (Lipinski definition) is 1. The minimum Gasteiger partial charge on any atom is -0.384 e. The van der Waals surface area contributed by atoms with Crippen LogP contribution >= 0.6 is 23.2 Å². The SMILES string of the molecule is CS(=O)(=O)C(Cl)(Cl)C(O)c1ccccc1F. The molecule has 1 N–H and O–H groups in total. The van der Waals surface area contributed by atoms with Gasteiger partial charge >= 0.3 is 0 Å². The van der Waals surface area contributed by atoms with Gasteiger partial charge < -0.3 is 5.11 Å². The smallest absolute Gasteiger partial charge is 0.247 e. The number of hydrogen-bond acceptors (Lipinski definition) is 3. The standard InChI is InChI=1S/C9H9Cl2FO3S/c1-16(14,15)9(10,11)8(13)6-4-2-3-5-7(6)12/h2-5,8,13H,1H3. The quantitative estimate of drug-likeness (QED) is 0.865. The van der Waals surface area contributed by atoms with Gasteiger partial charge in [0.1, 0.15) is 11.9 Å². The molecule has 0 fully saturated rings. The molecular weight excluding hydrogens is 278 g/mol. The third kappa shape index (κ3) is 2.48. The van der Waals surface area contributed by atoms with Gasteiger partial charge in [0.05, 0.1) is 0 Å². The highest BCUT2D eigenvalue weighted by Gasteiger charge is 2.45. The fraction of sp³-hybridized carbons (Fsp3) is 0.333. The average Bonchev–Trinajstić information content (AvgIpc) is 2.15. The molecule has 7 heteroatoms. The first kappa shape index (κ1) is 13.7. The molecule has 0 aliphatic carbocycles. The molecule has 16 heavy (non-hydrogen) atoms. The summed E-state index contributed by atoms with van der Waals surface area (Å²) in [6, 6.07) is 5.12. The van der Waals surface area contributed by atoms with Crippen LogP contribution in [0.3, 0.4) is 0 Å². The molecule has 0 aliphatic heterocycles. The minimum absolute atomic E-state index is 0.266. The number of halogens is 3. The summed E-state index contributed by atoms with van der Waals surface area (Å²) in [4.78, 5) is 0. The van der Waals surface area contributed by atoms with Crippen LogP contribution < -0.4 is 0 Å². The van der Waals surface area contributed by atoms with Gasteiger partial charge in [-0.15, -0.1) is 0 Å². The molecule has 0 aliphatic rings. The molecule has 1 aromatic carbocycles. The average molecular weight is 287 g/mol. The van der Waals surface area contributed by atoms with Crippen LogP contribution in [0.15, 0.2) is 24.3 Å². The van der Waals surface area contributed by atoms with E-state index in [1.54, 1.807) is 0 Å². The van der Waals surface area contributed by atoms with Crippen LogP contribution in [-0.4, -0.2) is 23.4 Å². The van der Waals surface area contributed by atoms with E-state index in [0.717, 1.165) is 12.3 Å². The zero-order valence-electron chi connectivity index (χ0n) is 8.19. The Morgan fingerprint density at radius 3 is 2.31 bits per heavy atom. The van der Waals surface area contributed by atoms with Crippen LogP contribution in [-0.2, 0) is 9.84 Å². The second-order valence-corrected chi connectivity index (χ2v) is 7.28. The Hall–Kier alpha value is -0.360. The molecule has 1 atom stereocenters. The van der Waals surface area contributed by atoms with Crippen molar-refractivity contribution in [1.82, 2.24) is 0 Å². The number of rotatable bonds is 3. The summed E-state index contributed by atoms with van der Waals surface area (Å²) in [5.74, 6) is -0.774. The largest absolute Gasteiger partial charge is 0.384 e. The maximum absolute atomic E-state index is 13.3. The third-order valence-corrected chi connectivity index (χ3v) is 5.32. The van der Waals surface area contributed by atoms with Crippen molar-refractivity contribution >= 4 is 33.0 Å². The predicted molar refractivity (Wildman–Crippen MR) is 60.6 cm³/mol. The molecular formula is C9H9Cl2FO3S. The fourth-order valence-electron chi connectivity index (χ4n) is 1.08. The lowest BCUT2D eigenvalue weighted by molar-refractivity contribution is 0.176. The first-order valence-electron chi connectivity index (χ1n) is 4.18. The van der Waals surface area contributed by atoms with Crippen LogP contribution in [0.1, 0.15) is 11.7 Å². The topological polar surface area (TPSA) is 54.4 Å². The fourth-order valence-corrected chi connectivity index (χ4v) is 1.85. The molecule has 0 saturated heterocycles. The Labute approximate surface area is 103 Å². The summed E-state index contributed by atoms with van der Waals surface area (Å²) in [7, 11) is -3.95. The number of aliphatic hydroxyl groups is 1. The highest BCUT2D eigenvalue weighted by molar-refractivity contribution is 7.94. The molecule has 0 aromatic heterocycles. The minimum atomic E-state index is -3.95. The molecule has 1 unspecified atom stereocenters. The zero-order valence-corrected chi connectivity index (χ0v) is 10.5. The zero-order chi connectivity index (χ0) is 12.6. The number of aliphatic hydroxyl groups excluding tert-OH is 1. The summed E-state index contributed by atoms with van der Waals surface area (Å²) < 4.78 is 33.3. The van der Waals surface area contributed by atoms with E-state index < -0.39 is 25.4 Å². The summed E-state index contributed by atoms with van der Waals surface area (Å²) in [5.41, 5.74) is -0.266. The molecule has 0 bridgehead atoms. The van der Waals surface area contributed by atoms with Crippen molar-refractivity contribution in [3.8, 4) is 0 Å². The second-order valence-electron chi connectivity index (χ2n) is 3.26. The van der Waals surface area contributed by atoms with Crippen LogP contribution in [0.4, 0.5) is 4.39 Å². The van der Waals surface area contributed by atoms with E-state index in [9.17, 15) is 17.9 Å². The van der Waals surface area contributed by atoms with Gasteiger partial charge in [0, 0.05) is 11.8 Å². The van der Waals surface area contributed by atoms with Gasteiger partial charge in [-0.2, -0.15) is 0 Å². The molecule has 0 amide bonds. The first-order chi connectivity index (χ1) is 7.18. The van der Waals surface area contributed by atoms with Gasteiger partial charge in [-0.05, 0) is 6.07 Å². The normalized spacial score (nSPS) is 14.8. The predicted octanol–water partition coefficient (Wildman–Crippen LogP) is 2.04. The van der Waals surface area contributed by atoms with Crippen molar-refractivity contribution in [3.05, 3.63) is 35.6 Å². The van der Waals surface area contributed by atoms with E-state index in [1.807, 2.05) is 0 Å². The van der Waals surface area contributed by atoms with Crippen LogP contribution in [0, 0.1) is 5.82 Å². The van der Waals surface area contributed by atoms with Crippen molar-refractivity contribution in [2.75, 3.05) is 6.26 Å². The summed E-state index contributed by atoms with van der Waals surface area (Å²) in [5, 5.41) is 9.68. The third-order valence-electron chi connectivity index (χ3n) is 2.01. The van der Waals surface area contributed by atoms with E-state index in [4.69, 9.17) is 23.2 Å². The van der Waals surface area contributed by atoms with Crippen molar-refractivity contribution < 1.29 is 17.9 Å². The molecule has 0 heterocycles. The molecule has 0 radical (unpaired) electrons. The first-order valence-corrected chi connectivity index (χ1v) is 6.82. The Bertz CT molecular complexity index is 487. The Kier molecular flexibility index (Phi) is 3.84. The van der Waals surface area contributed by atoms with E-state index in [-0.39, 0.29) is 5.56 Å². The Morgan fingerprint density at radius 2 is 1.88 bits per heavy atom. The van der Waals surface area contributed by atoms with Gasteiger partial charge in [0.15, 0.2) is 9.84 Å². The summed E-state index contributed by atoms with van der Waals surface area (Å²) >= 11 is 11.1. The number of benzene rings is 1. The summed E-state index contributed by atoms with van der Waals surface area (Å²) in [6.07, 6.45) is -1.09. The van der Waals surface area contributed by atoms with Gasteiger partial charge in [-0.25, -0.2) is 12.8 Å². The Morgan fingerprint density at radius 1 is 1.38 bits per heavy atom. The summed E-state index contributed by atoms with van der Waals surface area (Å²) in [6.45, 7) is 0. The second kappa shape index (κ2) is 4.49. The lowest BCUT2D eigenvalue weighted by Crippen LogP contribution is -2.33. The van der Waals surface area contributed by atoms with Gasteiger partial charge in [0.25, 0.3) is 0 Å².